The lowest BCUT2D eigenvalue weighted by atomic mass is 10.1. The van der Waals surface area contributed by atoms with Gasteiger partial charge in [0.15, 0.2) is 5.96 Å². The smallest absolute Gasteiger partial charge is 0.263 e. The molecule has 9 heteroatoms. The molecule has 0 bridgehead atoms. The van der Waals surface area contributed by atoms with Gasteiger partial charge in [-0.25, -0.2) is 23.7 Å². The number of nitrogens with two attached hydrogens (primary N) is 1. The zero-order valence-corrected chi connectivity index (χ0v) is 16.5. The largest absolute Gasteiger partial charge is 0.370 e. The summed E-state index contributed by atoms with van der Waals surface area (Å²) in [6.07, 6.45) is 1.00. The van der Waals surface area contributed by atoms with Gasteiger partial charge in [-0.2, -0.15) is 0 Å². The van der Waals surface area contributed by atoms with E-state index in [4.69, 9.17) is 5.73 Å². The molecule has 1 aromatic carbocycles. The van der Waals surface area contributed by atoms with Crippen molar-refractivity contribution in [2.45, 2.75) is 13.0 Å². The number of guanidine groups is 1. The van der Waals surface area contributed by atoms with Crippen molar-refractivity contribution in [1.82, 2.24) is 14.9 Å². The van der Waals surface area contributed by atoms with E-state index in [1.165, 1.54) is 12.1 Å². The van der Waals surface area contributed by atoms with E-state index in [1.54, 1.807) is 30.6 Å². The molecule has 0 atom stereocenters. The van der Waals surface area contributed by atoms with Crippen molar-refractivity contribution < 1.29 is 8.78 Å². The second-order valence-electron chi connectivity index (χ2n) is 5.74. The van der Waals surface area contributed by atoms with Crippen molar-refractivity contribution in [2.24, 2.45) is 10.7 Å². The molecule has 6 nitrogen and oxygen atoms in total. The zero-order valence-electron chi connectivity index (χ0n) is 14.1. The second-order valence-corrected chi connectivity index (χ2v) is 5.74. The molecule has 3 rings (SSSR count). The lowest BCUT2D eigenvalue weighted by Crippen LogP contribution is -2.51. The van der Waals surface area contributed by atoms with Crippen LogP contribution in [-0.4, -0.2) is 47.0 Å². The number of anilines is 1. The minimum atomic E-state index is -2.45. The number of nitrogens with zero attached hydrogens (tertiary/aromatic N) is 5. The van der Waals surface area contributed by atoms with E-state index < -0.39 is 6.43 Å². The molecular weight excluding hydrogens is 453 g/mol. The number of halogens is 3. The van der Waals surface area contributed by atoms with Crippen molar-refractivity contribution in [1.29, 1.82) is 0 Å². The maximum atomic E-state index is 12.5. The third-order valence-corrected chi connectivity index (χ3v) is 4.09. The lowest BCUT2D eigenvalue weighted by Gasteiger charge is -2.35. The normalized spacial score (nSPS) is 15.1. The highest BCUT2D eigenvalue weighted by Gasteiger charge is 2.19. The van der Waals surface area contributed by atoms with E-state index in [0.717, 1.165) is 37.7 Å². The highest BCUT2D eigenvalue weighted by atomic mass is 127. The van der Waals surface area contributed by atoms with Crippen LogP contribution in [0.4, 0.5) is 14.7 Å². The summed E-state index contributed by atoms with van der Waals surface area (Å²) >= 11 is 0. The maximum Gasteiger partial charge on any atom is 0.263 e. The van der Waals surface area contributed by atoms with Gasteiger partial charge in [0.2, 0.25) is 5.95 Å². The molecule has 1 aromatic heterocycles. The first-order valence-electron chi connectivity index (χ1n) is 8.07. The number of hydrogen-bond acceptors (Lipinski definition) is 4. The zero-order chi connectivity index (χ0) is 17.6. The number of aromatic nitrogens is 2. The SMILES string of the molecule is I.NC(=NCc1ccc(C(F)F)cc1)N1CCN(c2ncccn2)CC1. The molecule has 1 aliphatic rings. The Kier molecular flexibility index (Phi) is 7.49. The van der Waals surface area contributed by atoms with Crippen LogP contribution in [0.1, 0.15) is 17.6 Å². The van der Waals surface area contributed by atoms with Gasteiger partial charge in [0.1, 0.15) is 0 Å². The van der Waals surface area contributed by atoms with Crippen molar-refractivity contribution in [3.05, 3.63) is 53.9 Å². The average Bonchev–Trinajstić information content (AvgIpc) is 2.67. The van der Waals surface area contributed by atoms with Crippen LogP contribution in [0.2, 0.25) is 0 Å². The van der Waals surface area contributed by atoms with E-state index in [-0.39, 0.29) is 29.5 Å². The second kappa shape index (κ2) is 9.60. The van der Waals surface area contributed by atoms with E-state index in [0.29, 0.717) is 12.5 Å². The average molecular weight is 474 g/mol. The molecule has 1 fully saturated rings. The van der Waals surface area contributed by atoms with Crippen LogP contribution in [0.3, 0.4) is 0 Å². The Balaban J connectivity index is 0.00000243. The molecule has 1 saturated heterocycles. The first kappa shape index (κ1) is 20.3. The van der Waals surface area contributed by atoms with Crippen molar-refractivity contribution >= 4 is 35.9 Å². The molecule has 2 aromatic rings. The van der Waals surface area contributed by atoms with Crippen molar-refractivity contribution in [3.63, 3.8) is 0 Å². The number of hydrogen-bond donors (Lipinski definition) is 1. The van der Waals surface area contributed by atoms with Gasteiger partial charge in [-0.3, -0.25) is 0 Å². The predicted octanol–water partition coefficient (Wildman–Crippen LogP) is 2.67. The van der Waals surface area contributed by atoms with Crippen molar-refractivity contribution in [2.75, 3.05) is 31.1 Å². The van der Waals surface area contributed by atoms with Gasteiger partial charge >= 0.3 is 0 Å². The molecule has 0 aliphatic carbocycles. The summed E-state index contributed by atoms with van der Waals surface area (Å²) in [6.45, 7) is 3.37. The van der Waals surface area contributed by atoms with Gasteiger partial charge in [0, 0.05) is 44.1 Å². The third kappa shape index (κ3) is 5.23. The van der Waals surface area contributed by atoms with Crippen LogP contribution < -0.4 is 10.6 Å². The Hall–Kier alpha value is -2.04. The molecule has 0 amide bonds. The molecule has 0 radical (unpaired) electrons. The predicted molar refractivity (Wildman–Crippen MR) is 108 cm³/mol. The molecule has 0 unspecified atom stereocenters. The van der Waals surface area contributed by atoms with Gasteiger partial charge < -0.3 is 15.5 Å². The van der Waals surface area contributed by atoms with E-state index in [2.05, 4.69) is 19.9 Å². The number of aliphatic imine (C=N–C) groups is 1. The van der Waals surface area contributed by atoms with Gasteiger partial charge in [0.05, 0.1) is 6.54 Å². The fraction of sp³-hybridized carbons (Fsp3) is 0.353. The summed E-state index contributed by atoms with van der Waals surface area (Å²) < 4.78 is 25.1. The molecule has 0 saturated carbocycles. The summed E-state index contributed by atoms with van der Waals surface area (Å²) in [6, 6.07) is 7.94. The van der Waals surface area contributed by atoms with E-state index >= 15 is 0 Å². The first-order valence-corrected chi connectivity index (χ1v) is 8.07. The minimum absolute atomic E-state index is 0. The highest BCUT2D eigenvalue weighted by Crippen LogP contribution is 2.19. The monoisotopic (exact) mass is 474 g/mol. The van der Waals surface area contributed by atoms with Crippen LogP contribution in [-0.2, 0) is 6.54 Å². The third-order valence-electron chi connectivity index (χ3n) is 4.09. The van der Waals surface area contributed by atoms with Crippen LogP contribution >= 0.6 is 24.0 Å². The van der Waals surface area contributed by atoms with Gasteiger partial charge in [-0.05, 0) is 11.6 Å². The topological polar surface area (TPSA) is 70.6 Å². The highest BCUT2D eigenvalue weighted by molar-refractivity contribution is 14.0. The molecule has 140 valence electrons. The Morgan fingerprint density at radius 2 is 1.69 bits per heavy atom. The van der Waals surface area contributed by atoms with E-state index in [1.807, 2.05) is 4.90 Å². The standard InChI is InChI=1S/C17H20F2N6.HI/c18-15(19)14-4-2-13(3-5-14)12-23-16(20)24-8-10-25(11-9-24)17-21-6-1-7-22-17;/h1-7,15H,8-12H2,(H2,20,23);1H. The summed E-state index contributed by atoms with van der Waals surface area (Å²) in [4.78, 5) is 17.0. The molecule has 2 heterocycles. The Bertz CT molecular complexity index is 703. The molecule has 0 spiro atoms. The Morgan fingerprint density at radius 1 is 1.08 bits per heavy atom. The summed E-state index contributed by atoms with van der Waals surface area (Å²) in [5.41, 5.74) is 6.93. The van der Waals surface area contributed by atoms with Gasteiger partial charge in [-0.15, -0.1) is 24.0 Å². The minimum Gasteiger partial charge on any atom is -0.370 e. The van der Waals surface area contributed by atoms with Gasteiger partial charge in [0.25, 0.3) is 6.43 Å². The van der Waals surface area contributed by atoms with Crippen LogP contribution in [0, 0.1) is 0 Å². The number of alkyl halides is 2. The van der Waals surface area contributed by atoms with Crippen LogP contribution in [0.5, 0.6) is 0 Å². The van der Waals surface area contributed by atoms with Crippen LogP contribution in [0.15, 0.2) is 47.7 Å². The molecule has 1 aliphatic heterocycles. The fourth-order valence-electron chi connectivity index (χ4n) is 2.63. The van der Waals surface area contributed by atoms with E-state index in [9.17, 15) is 8.78 Å². The Labute approximate surface area is 168 Å². The molecule has 26 heavy (non-hydrogen) atoms. The lowest BCUT2D eigenvalue weighted by molar-refractivity contribution is 0.151. The quantitative estimate of drug-likeness (QED) is 0.420. The summed E-state index contributed by atoms with van der Waals surface area (Å²) in [5, 5.41) is 0. The number of rotatable bonds is 4. The van der Waals surface area contributed by atoms with Crippen LogP contribution in [0.25, 0.3) is 0 Å². The summed E-state index contributed by atoms with van der Waals surface area (Å²) in [7, 11) is 0. The Morgan fingerprint density at radius 3 is 2.27 bits per heavy atom. The number of piperazine rings is 1. The van der Waals surface area contributed by atoms with Crippen molar-refractivity contribution in [3.8, 4) is 0 Å². The number of benzene rings is 1. The van der Waals surface area contributed by atoms with Gasteiger partial charge in [-0.1, -0.05) is 24.3 Å². The fourth-order valence-corrected chi connectivity index (χ4v) is 2.63. The maximum absolute atomic E-state index is 12.5. The molecule has 2 N–H and O–H groups in total. The molecular formula is C17H21F2IN6. The summed E-state index contributed by atoms with van der Waals surface area (Å²) in [5.74, 6) is 1.18. The first-order chi connectivity index (χ1) is 12.1.